The van der Waals surface area contributed by atoms with E-state index in [2.05, 4.69) is 10.2 Å². The number of aromatic amines is 1. The highest BCUT2D eigenvalue weighted by molar-refractivity contribution is 7.13. The molecular formula is C18H19N3O2S. The largest absolute Gasteiger partial charge is 0.395 e. The van der Waals surface area contributed by atoms with E-state index in [1.165, 1.54) is 0 Å². The zero-order valence-corrected chi connectivity index (χ0v) is 14.0. The predicted octanol–water partition coefficient (Wildman–Crippen LogP) is 2.82. The number of nitrogens with zero attached hydrogens (tertiary/aromatic N) is 2. The SMILES string of the molecule is O=C(c1cc(-c2cccs2)[nH]n1)N(CCO)CCc1ccccc1. The number of aliphatic hydroxyl groups is 1. The number of nitrogens with one attached hydrogen (secondary N) is 1. The van der Waals surface area contributed by atoms with Crippen LogP contribution >= 0.6 is 11.3 Å². The molecule has 0 saturated heterocycles. The van der Waals surface area contributed by atoms with Gasteiger partial charge in [0.2, 0.25) is 0 Å². The van der Waals surface area contributed by atoms with Gasteiger partial charge in [-0.15, -0.1) is 11.3 Å². The van der Waals surface area contributed by atoms with Crippen LogP contribution in [0.5, 0.6) is 0 Å². The number of carbonyl (C=O) groups excluding carboxylic acids is 1. The lowest BCUT2D eigenvalue weighted by Crippen LogP contribution is -2.35. The van der Waals surface area contributed by atoms with Crippen LogP contribution < -0.4 is 0 Å². The van der Waals surface area contributed by atoms with Gasteiger partial charge in [-0.1, -0.05) is 36.4 Å². The van der Waals surface area contributed by atoms with Gasteiger partial charge in [-0.25, -0.2) is 0 Å². The Kier molecular flexibility index (Phi) is 5.40. The van der Waals surface area contributed by atoms with Crippen LogP contribution in [0.4, 0.5) is 0 Å². The highest BCUT2D eigenvalue weighted by Crippen LogP contribution is 2.23. The number of H-pyrrole nitrogens is 1. The van der Waals surface area contributed by atoms with Crippen molar-refractivity contribution in [3.8, 4) is 10.6 Å². The first-order valence-electron chi connectivity index (χ1n) is 7.81. The van der Waals surface area contributed by atoms with Crippen LogP contribution in [0.2, 0.25) is 0 Å². The number of benzene rings is 1. The fourth-order valence-electron chi connectivity index (χ4n) is 2.50. The first-order valence-corrected chi connectivity index (χ1v) is 8.69. The van der Waals surface area contributed by atoms with E-state index in [9.17, 15) is 9.90 Å². The zero-order chi connectivity index (χ0) is 16.8. The van der Waals surface area contributed by atoms with E-state index in [0.717, 1.165) is 22.6 Å². The molecule has 2 heterocycles. The summed E-state index contributed by atoms with van der Waals surface area (Å²) in [6.07, 6.45) is 0.745. The lowest BCUT2D eigenvalue weighted by atomic mass is 10.1. The van der Waals surface area contributed by atoms with Crippen LogP contribution in [-0.2, 0) is 6.42 Å². The average Bonchev–Trinajstić information content (AvgIpc) is 3.30. The molecule has 0 fully saturated rings. The number of hydrogen-bond donors (Lipinski definition) is 2. The normalized spacial score (nSPS) is 10.7. The maximum Gasteiger partial charge on any atom is 0.274 e. The Hall–Kier alpha value is -2.44. The Morgan fingerprint density at radius 3 is 2.71 bits per heavy atom. The van der Waals surface area contributed by atoms with Crippen LogP contribution in [-0.4, -0.2) is 45.8 Å². The van der Waals surface area contributed by atoms with Gasteiger partial charge >= 0.3 is 0 Å². The molecule has 2 N–H and O–H groups in total. The van der Waals surface area contributed by atoms with Crippen LogP contribution in [0.3, 0.4) is 0 Å². The maximum absolute atomic E-state index is 12.7. The van der Waals surface area contributed by atoms with Gasteiger partial charge < -0.3 is 10.0 Å². The molecule has 0 spiro atoms. The summed E-state index contributed by atoms with van der Waals surface area (Å²) in [7, 11) is 0. The smallest absolute Gasteiger partial charge is 0.274 e. The van der Waals surface area contributed by atoms with Crippen molar-refractivity contribution in [1.29, 1.82) is 0 Å². The van der Waals surface area contributed by atoms with E-state index in [-0.39, 0.29) is 12.5 Å². The van der Waals surface area contributed by atoms with Crippen molar-refractivity contribution < 1.29 is 9.90 Å². The fraction of sp³-hybridized carbons (Fsp3) is 0.222. The average molecular weight is 341 g/mol. The first-order chi connectivity index (χ1) is 11.8. The molecule has 3 aromatic rings. The second-order valence-electron chi connectivity index (χ2n) is 5.40. The minimum Gasteiger partial charge on any atom is -0.395 e. The molecule has 1 amide bonds. The monoisotopic (exact) mass is 341 g/mol. The van der Waals surface area contributed by atoms with Crippen molar-refractivity contribution in [1.82, 2.24) is 15.1 Å². The second-order valence-corrected chi connectivity index (χ2v) is 6.34. The summed E-state index contributed by atoms with van der Waals surface area (Å²) >= 11 is 1.59. The van der Waals surface area contributed by atoms with Gasteiger partial charge in [0.05, 0.1) is 17.2 Å². The molecule has 2 aromatic heterocycles. The van der Waals surface area contributed by atoms with Gasteiger partial charge in [0.1, 0.15) is 0 Å². The molecule has 0 aliphatic carbocycles. The molecule has 0 aliphatic rings. The van der Waals surface area contributed by atoms with Gasteiger partial charge in [-0.2, -0.15) is 5.10 Å². The molecule has 5 nitrogen and oxygen atoms in total. The Morgan fingerprint density at radius 1 is 1.17 bits per heavy atom. The summed E-state index contributed by atoms with van der Waals surface area (Å²) in [5, 5.41) is 18.3. The standard InChI is InChI=1S/C18H19N3O2S/c22-11-10-21(9-8-14-5-2-1-3-6-14)18(23)16-13-15(19-20-16)17-7-4-12-24-17/h1-7,12-13,22H,8-11H2,(H,19,20). The Balaban J connectivity index is 1.70. The molecular weight excluding hydrogens is 322 g/mol. The molecule has 0 aliphatic heterocycles. The first kappa shape index (κ1) is 16.4. The van der Waals surface area contributed by atoms with E-state index < -0.39 is 0 Å². The number of aromatic nitrogens is 2. The summed E-state index contributed by atoms with van der Waals surface area (Å²) in [5.41, 5.74) is 2.37. The number of carbonyl (C=O) groups is 1. The third-order valence-electron chi connectivity index (χ3n) is 3.75. The Bertz CT molecular complexity index is 769. The summed E-state index contributed by atoms with van der Waals surface area (Å²) in [4.78, 5) is 15.4. The van der Waals surface area contributed by atoms with Crippen molar-refractivity contribution in [2.75, 3.05) is 19.7 Å². The molecule has 6 heteroatoms. The van der Waals surface area contributed by atoms with E-state index >= 15 is 0 Å². The molecule has 1 aromatic carbocycles. The van der Waals surface area contributed by atoms with Crippen LogP contribution in [0.1, 0.15) is 16.1 Å². The minimum absolute atomic E-state index is 0.0667. The Morgan fingerprint density at radius 2 is 2.00 bits per heavy atom. The van der Waals surface area contributed by atoms with Crippen molar-refractivity contribution in [2.45, 2.75) is 6.42 Å². The van der Waals surface area contributed by atoms with E-state index in [4.69, 9.17) is 0 Å². The topological polar surface area (TPSA) is 69.2 Å². The van der Waals surface area contributed by atoms with Crippen LogP contribution in [0, 0.1) is 0 Å². The van der Waals surface area contributed by atoms with Gasteiger partial charge in [0.25, 0.3) is 5.91 Å². The molecule has 0 atom stereocenters. The fourth-order valence-corrected chi connectivity index (χ4v) is 3.19. The van der Waals surface area contributed by atoms with Crippen LogP contribution in [0.15, 0.2) is 53.9 Å². The third kappa shape index (κ3) is 3.90. The van der Waals surface area contributed by atoms with E-state index in [1.54, 1.807) is 22.3 Å². The molecule has 0 radical (unpaired) electrons. The minimum atomic E-state index is -0.168. The van der Waals surface area contributed by atoms with Crippen LogP contribution in [0.25, 0.3) is 10.6 Å². The van der Waals surface area contributed by atoms with Crippen molar-refractivity contribution in [3.63, 3.8) is 0 Å². The van der Waals surface area contributed by atoms with Crippen molar-refractivity contribution in [2.24, 2.45) is 0 Å². The van der Waals surface area contributed by atoms with Gasteiger partial charge in [-0.3, -0.25) is 9.89 Å². The number of rotatable bonds is 7. The van der Waals surface area contributed by atoms with Crippen molar-refractivity contribution >= 4 is 17.2 Å². The summed E-state index contributed by atoms with van der Waals surface area (Å²) < 4.78 is 0. The van der Waals surface area contributed by atoms with E-state index in [1.807, 2.05) is 47.8 Å². The molecule has 0 bridgehead atoms. The van der Waals surface area contributed by atoms with Gasteiger partial charge in [0, 0.05) is 13.1 Å². The van der Waals surface area contributed by atoms with Gasteiger partial charge in [-0.05, 0) is 29.5 Å². The van der Waals surface area contributed by atoms with Gasteiger partial charge in [0.15, 0.2) is 5.69 Å². The second kappa shape index (κ2) is 7.90. The number of thiophene rings is 1. The highest BCUT2D eigenvalue weighted by Gasteiger charge is 2.19. The molecule has 124 valence electrons. The maximum atomic E-state index is 12.7. The molecule has 0 unspecified atom stereocenters. The molecule has 0 saturated carbocycles. The molecule has 24 heavy (non-hydrogen) atoms. The number of hydrogen-bond acceptors (Lipinski definition) is 4. The summed E-state index contributed by atoms with van der Waals surface area (Å²) in [6, 6.07) is 15.7. The number of amides is 1. The van der Waals surface area contributed by atoms with Crippen molar-refractivity contribution in [3.05, 3.63) is 65.2 Å². The highest BCUT2D eigenvalue weighted by atomic mass is 32.1. The Labute approximate surface area is 144 Å². The summed E-state index contributed by atoms with van der Waals surface area (Å²) in [6.45, 7) is 0.778. The lowest BCUT2D eigenvalue weighted by molar-refractivity contribution is 0.0718. The quantitative estimate of drug-likeness (QED) is 0.694. The number of aliphatic hydroxyl groups excluding tert-OH is 1. The predicted molar refractivity (Wildman–Crippen MR) is 95.0 cm³/mol. The summed E-state index contributed by atoms with van der Waals surface area (Å²) in [5.74, 6) is -0.168. The van der Waals surface area contributed by atoms with E-state index in [0.29, 0.717) is 18.8 Å². The third-order valence-corrected chi connectivity index (χ3v) is 4.66. The lowest BCUT2D eigenvalue weighted by Gasteiger charge is -2.20. The molecule has 3 rings (SSSR count). The zero-order valence-electron chi connectivity index (χ0n) is 13.2.